The fourth-order valence-corrected chi connectivity index (χ4v) is 2.87. The lowest BCUT2D eigenvalue weighted by atomic mass is 9.94. The Labute approximate surface area is 115 Å². The first-order chi connectivity index (χ1) is 9.18. The lowest BCUT2D eigenvalue weighted by Gasteiger charge is -2.31. The Bertz CT molecular complexity index is 425. The lowest BCUT2D eigenvalue weighted by Crippen LogP contribution is -2.34. The Morgan fingerprint density at radius 2 is 1.95 bits per heavy atom. The van der Waals surface area contributed by atoms with Gasteiger partial charge in [0.2, 0.25) is 0 Å². The molecule has 0 spiro atoms. The van der Waals surface area contributed by atoms with Crippen LogP contribution in [0.5, 0.6) is 0 Å². The Morgan fingerprint density at radius 3 is 2.63 bits per heavy atom. The van der Waals surface area contributed by atoms with Gasteiger partial charge in [-0.15, -0.1) is 0 Å². The van der Waals surface area contributed by atoms with Crippen molar-refractivity contribution >= 4 is 11.5 Å². The molecule has 19 heavy (non-hydrogen) atoms. The predicted octanol–water partition coefficient (Wildman–Crippen LogP) is 3.11. The number of hydrogen-bond acceptors (Lipinski definition) is 3. The topological polar surface area (TPSA) is 46.3 Å². The number of carbonyl (C=O) groups is 1. The molecule has 1 aliphatic carbocycles. The molecule has 0 bridgehead atoms. The van der Waals surface area contributed by atoms with E-state index in [9.17, 15) is 4.79 Å². The van der Waals surface area contributed by atoms with Crippen LogP contribution in [0.1, 0.15) is 48.9 Å². The summed E-state index contributed by atoms with van der Waals surface area (Å²) in [6, 6.07) is 8.00. The average molecular weight is 260 g/mol. The standard InChI is InChI=1S/C16H24N2O/c1-18(13-7-3-2-4-8-13)12-11-16(19)14-9-5-6-10-15(14)17/h5-6,9-10,13H,2-4,7-8,11-12,17H2,1H3. The monoisotopic (exact) mass is 260 g/mol. The van der Waals surface area contributed by atoms with E-state index in [1.165, 1.54) is 32.1 Å². The minimum atomic E-state index is 0.153. The van der Waals surface area contributed by atoms with Crippen molar-refractivity contribution in [1.82, 2.24) is 4.90 Å². The molecule has 0 radical (unpaired) electrons. The van der Waals surface area contributed by atoms with Crippen LogP contribution in [-0.2, 0) is 0 Å². The van der Waals surface area contributed by atoms with Gasteiger partial charge in [-0.3, -0.25) is 4.79 Å². The summed E-state index contributed by atoms with van der Waals surface area (Å²) in [4.78, 5) is 14.5. The largest absolute Gasteiger partial charge is 0.398 e. The number of anilines is 1. The number of hydrogen-bond donors (Lipinski definition) is 1. The molecular formula is C16H24N2O. The Kier molecular flexibility index (Phi) is 4.97. The number of carbonyl (C=O) groups excluding carboxylic acids is 1. The molecule has 0 amide bonds. The summed E-state index contributed by atoms with van der Waals surface area (Å²) in [5, 5.41) is 0. The molecule has 0 unspecified atom stereocenters. The third-order valence-corrected chi connectivity index (χ3v) is 4.15. The minimum absolute atomic E-state index is 0.153. The lowest BCUT2D eigenvalue weighted by molar-refractivity contribution is 0.0953. The molecule has 2 N–H and O–H groups in total. The molecule has 104 valence electrons. The second-order valence-corrected chi connectivity index (χ2v) is 5.53. The molecule has 1 aliphatic rings. The van der Waals surface area contributed by atoms with E-state index < -0.39 is 0 Å². The number of nitrogen functional groups attached to an aromatic ring is 1. The molecule has 0 heterocycles. The van der Waals surface area contributed by atoms with Crippen molar-refractivity contribution in [2.75, 3.05) is 19.3 Å². The molecule has 1 aromatic carbocycles. The molecule has 0 atom stereocenters. The summed E-state index contributed by atoms with van der Waals surface area (Å²) in [6.45, 7) is 0.831. The minimum Gasteiger partial charge on any atom is -0.398 e. The highest BCUT2D eigenvalue weighted by molar-refractivity contribution is 6.00. The van der Waals surface area contributed by atoms with Gasteiger partial charge in [0, 0.05) is 30.3 Å². The van der Waals surface area contributed by atoms with Gasteiger partial charge >= 0.3 is 0 Å². The van der Waals surface area contributed by atoms with Crippen LogP contribution in [0.3, 0.4) is 0 Å². The van der Waals surface area contributed by atoms with Gasteiger partial charge in [0.1, 0.15) is 0 Å². The first-order valence-corrected chi connectivity index (χ1v) is 7.26. The van der Waals surface area contributed by atoms with Crippen LogP contribution < -0.4 is 5.73 Å². The molecule has 0 aromatic heterocycles. The SMILES string of the molecule is CN(CCC(=O)c1ccccc1N)C1CCCCC1. The summed E-state index contributed by atoms with van der Waals surface area (Å²) >= 11 is 0. The summed E-state index contributed by atoms with van der Waals surface area (Å²) in [5.74, 6) is 0.153. The van der Waals surface area contributed by atoms with Crippen LogP contribution >= 0.6 is 0 Å². The molecule has 1 fully saturated rings. The van der Waals surface area contributed by atoms with E-state index in [1.54, 1.807) is 6.07 Å². The fraction of sp³-hybridized carbons (Fsp3) is 0.562. The van der Waals surface area contributed by atoms with E-state index in [0.717, 1.165) is 6.54 Å². The van der Waals surface area contributed by atoms with Gasteiger partial charge in [0.05, 0.1) is 0 Å². The summed E-state index contributed by atoms with van der Waals surface area (Å²) < 4.78 is 0. The van der Waals surface area contributed by atoms with Gasteiger partial charge < -0.3 is 10.6 Å². The molecule has 0 aliphatic heterocycles. The Morgan fingerprint density at radius 1 is 1.26 bits per heavy atom. The first kappa shape index (κ1) is 14.1. The highest BCUT2D eigenvalue weighted by atomic mass is 16.1. The van der Waals surface area contributed by atoms with Crippen molar-refractivity contribution in [3.63, 3.8) is 0 Å². The van der Waals surface area contributed by atoms with E-state index >= 15 is 0 Å². The molecular weight excluding hydrogens is 236 g/mol. The highest BCUT2D eigenvalue weighted by Crippen LogP contribution is 2.22. The first-order valence-electron chi connectivity index (χ1n) is 7.26. The van der Waals surface area contributed by atoms with Crippen LogP contribution in [0, 0.1) is 0 Å². The third kappa shape index (κ3) is 3.80. The number of benzene rings is 1. The maximum Gasteiger partial charge on any atom is 0.166 e. The van der Waals surface area contributed by atoms with Crippen LogP contribution in [-0.4, -0.2) is 30.3 Å². The van der Waals surface area contributed by atoms with Gasteiger partial charge in [-0.25, -0.2) is 0 Å². The summed E-state index contributed by atoms with van der Waals surface area (Å²) in [5.41, 5.74) is 7.09. The number of ketones is 1. The molecule has 3 heteroatoms. The quantitative estimate of drug-likeness (QED) is 0.653. The zero-order valence-corrected chi connectivity index (χ0v) is 11.8. The van der Waals surface area contributed by atoms with Gasteiger partial charge in [-0.05, 0) is 32.0 Å². The molecule has 2 rings (SSSR count). The van der Waals surface area contributed by atoms with E-state index in [2.05, 4.69) is 11.9 Å². The van der Waals surface area contributed by atoms with Gasteiger partial charge in [0.15, 0.2) is 5.78 Å². The maximum atomic E-state index is 12.1. The Hall–Kier alpha value is -1.35. The van der Waals surface area contributed by atoms with Crippen molar-refractivity contribution in [3.05, 3.63) is 29.8 Å². The number of para-hydroxylation sites is 1. The van der Waals surface area contributed by atoms with Gasteiger partial charge in [0.25, 0.3) is 0 Å². The van der Waals surface area contributed by atoms with Crippen molar-refractivity contribution in [3.8, 4) is 0 Å². The zero-order chi connectivity index (χ0) is 13.7. The van der Waals surface area contributed by atoms with Crippen molar-refractivity contribution in [2.45, 2.75) is 44.6 Å². The van der Waals surface area contributed by atoms with E-state index in [1.807, 2.05) is 18.2 Å². The summed E-state index contributed by atoms with van der Waals surface area (Å²) in [6.07, 6.45) is 7.13. The van der Waals surface area contributed by atoms with Crippen molar-refractivity contribution in [1.29, 1.82) is 0 Å². The van der Waals surface area contributed by atoms with E-state index in [4.69, 9.17) is 5.73 Å². The van der Waals surface area contributed by atoms with Gasteiger partial charge in [-0.1, -0.05) is 31.4 Å². The Balaban J connectivity index is 1.84. The summed E-state index contributed by atoms with van der Waals surface area (Å²) in [7, 11) is 2.14. The second kappa shape index (κ2) is 6.71. The molecule has 1 saturated carbocycles. The predicted molar refractivity (Wildman–Crippen MR) is 79.3 cm³/mol. The van der Waals surface area contributed by atoms with Crippen LogP contribution in [0.25, 0.3) is 0 Å². The number of nitrogens with two attached hydrogens (primary N) is 1. The van der Waals surface area contributed by atoms with Crippen LogP contribution in [0.2, 0.25) is 0 Å². The fourth-order valence-electron chi connectivity index (χ4n) is 2.87. The zero-order valence-electron chi connectivity index (χ0n) is 11.8. The maximum absolute atomic E-state index is 12.1. The van der Waals surface area contributed by atoms with E-state index in [0.29, 0.717) is 23.7 Å². The smallest absolute Gasteiger partial charge is 0.166 e. The molecule has 1 aromatic rings. The van der Waals surface area contributed by atoms with Crippen LogP contribution in [0.15, 0.2) is 24.3 Å². The third-order valence-electron chi connectivity index (χ3n) is 4.15. The number of rotatable bonds is 5. The second-order valence-electron chi connectivity index (χ2n) is 5.53. The van der Waals surface area contributed by atoms with E-state index in [-0.39, 0.29) is 5.78 Å². The van der Waals surface area contributed by atoms with Crippen LogP contribution in [0.4, 0.5) is 5.69 Å². The van der Waals surface area contributed by atoms with Crippen molar-refractivity contribution < 1.29 is 4.79 Å². The van der Waals surface area contributed by atoms with Crippen molar-refractivity contribution in [2.24, 2.45) is 0 Å². The van der Waals surface area contributed by atoms with Gasteiger partial charge in [-0.2, -0.15) is 0 Å². The molecule has 3 nitrogen and oxygen atoms in total. The average Bonchev–Trinajstić information content (AvgIpc) is 2.46. The number of Topliss-reactive ketones (excluding diaryl/α,β-unsaturated/α-hetero) is 1. The number of nitrogens with zero attached hydrogens (tertiary/aromatic N) is 1. The highest BCUT2D eigenvalue weighted by Gasteiger charge is 2.19. The normalized spacial score (nSPS) is 16.7. The molecule has 0 saturated heterocycles.